The average Bonchev–Trinajstić information content (AvgIpc) is 2.48. The lowest BCUT2D eigenvalue weighted by atomic mass is 10.1. The van der Waals surface area contributed by atoms with Crippen molar-refractivity contribution in [1.29, 1.82) is 0 Å². The highest BCUT2D eigenvalue weighted by Gasteiger charge is 2.06. The minimum absolute atomic E-state index is 0.206. The molecule has 0 aliphatic rings. The molecule has 1 aromatic heterocycles. The molecule has 3 rings (SSSR count). The Bertz CT molecular complexity index is 993. The summed E-state index contributed by atoms with van der Waals surface area (Å²) in [5, 5.41) is 11.0. The van der Waals surface area contributed by atoms with Gasteiger partial charge in [-0.2, -0.15) is 0 Å². The second kappa shape index (κ2) is 6.60. The summed E-state index contributed by atoms with van der Waals surface area (Å²) in [6, 6.07) is 10.7. The Hall–Kier alpha value is -1.42. The molecular weight excluding hydrogens is 520 g/mol. The van der Waals surface area contributed by atoms with Crippen LogP contribution in [0.1, 0.15) is 11.1 Å². The van der Waals surface area contributed by atoms with Crippen LogP contribution in [0, 0.1) is 14.1 Å². The van der Waals surface area contributed by atoms with Gasteiger partial charge in [0.05, 0.1) is 9.26 Å². The van der Waals surface area contributed by atoms with E-state index < -0.39 is 0 Å². The Morgan fingerprint density at radius 3 is 2.74 bits per heavy atom. The summed E-state index contributed by atoms with van der Waals surface area (Å²) in [5.74, 6) is 0.206. The van der Waals surface area contributed by atoms with Crippen molar-refractivity contribution in [3.63, 3.8) is 0 Å². The van der Waals surface area contributed by atoms with Gasteiger partial charge >= 0.3 is 5.63 Å². The minimum Gasteiger partial charge on any atom is -0.506 e. The van der Waals surface area contributed by atoms with E-state index in [-0.39, 0.29) is 11.4 Å². The first kappa shape index (κ1) is 16.4. The highest BCUT2D eigenvalue weighted by molar-refractivity contribution is 14.1. The number of hydrogen-bond donors (Lipinski definition) is 1. The summed E-state index contributed by atoms with van der Waals surface area (Å²) in [7, 11) is 0. The van der Waals surface area contributed by atoms with Crippen LogP contribution in [0.15, 0.2) is 50.6 Å². The minimum atomic E-state index is -0.374. The second-order valence-corrected chi connectivity index (χ2v) is 7.42. The molecule has 0 fully saturated rings. The maximum Gasteiger partial charge on any atom is 0.336 e. The molecule has 0 bridgehead atoms. The van der Waals surface area contributed by atoms with Gasteiger partial charge in [-0.15, -0.1) is 0 Å². The summed E-state index contributed by atoms with van der Waals surface area (Å²) in [4.78, 5) is 15.9. The zero-order valence-corrected chi connectivity index (χ0v) is 16.3. The number of hydrogen-bond acceptors (Lipinski definition) is 4. The van der Waals surface area contributed by atoms with E-state index in [0.29, 0.717) is 16.8 Å². The molecule has 0 amide bonds. The Labute approximate surface area is 159 Å². The zero-order chi connectivity index (χ0) is 16.6. The van der Waals surface area contributed by atoms with Crippen molar-refractivity contribution in [2.45, 2.75) is 6.92 Å². The number of halogens is 2. The van der Waals surface area contributed by atoms with E-state index in [1.165, 1.54) is 6.07 Å². The van der Waals surface area contributed by atoms with Gasteiger partial charge in [0, 0.05) is 32.9 Å². The molecule has 6 heteroatoms. The highest BCUT2D eigenvalue weighted by atomic mass is 127. The molecule has 1 heterocycles. The van der Waals surface area contributed by atoms with E-state index in [0.717, 1.165) is 18.1 Å². The summed E-state index contributed by atoms with van der Waals surface area (Å²) < 4.78 is 7.01. The molecular formula is C17H11I2NO3. The number of aromatic hydroxyl groups is 1. The molecule has 2 aromatic carbocycles. The van der Waals surface area contributed by atoms with E-state index in [4.69, 9.17) is 4.42 Å². The number of rotatable bonds is 2. The van der Waals surface area contributed by atoms with Crippen LogP contribution in [0.3, 0.4) is 0 Å². The van der Waals surface area contributed by atoms with Gasteiger partial charge in [-0.3, -0.25) is 4.99 Å². The quantitative estimate of drug-likeness (QED) is 0.295. The first-order valence-electron chi connectivity index (χ1n) is 6.70. The molecule has 0 atom stereocenters. The van der Waals surface area contributed by atoms with E-state index in [9.17, 15) is 9.90 Å². The molecule has 116 valence electrons. The third-order valence-corrected chi connectivity index (χ3v) is 4.79. The maximum atomic E-state index is 11.5. The lowest BCUT2D eigenvalue weighted by Crippen LogP contribution is -1.97. The van der Waals surface area contributed by atoms with E-state index in [1.54, 1.807) is 12.3 Å². The lowest BCUT2D eigenvalue weighted by Gasteiger charge is -2.03. The maximum absolute atomic E-state index is 11.5. The van der Waals surface area contributed by atoms with Gasteiger partial charge < -0.3 is 9.52 Å². The average molecular weight is 531 g/mol. The van der Waals surface area contributed by atoms with Gasteiger partial charge in [0.2, 0.25) is 0 Å². The molecule has 1 N–H and O–H groups in total. The smallest absolute Gasteiger partial charge is 0.336 e. The summed E-state index contributed by atoms with van der Waals surface area (Å²) in [5.41, 5.74) is 2.30. The monoisotopic (exact) mass is 531 g/mol. The van der Waals surface area contributed by atoms with Crippen molar-refractivity contribution < 1.29 is 9.52 Å². The van der Waals surface area contributed by atoms with Crippen molar-refractivity contribution in [2.24, 2.45) is 4.99 Å². The normalized spacial score (nSPS) is 11.4. The van der Waals surface area contributed by atoms with Gasteiger partial charge in [0.25, 0.3) is 0 Å². The van der Waals surface area contributed by atoms with Crippen LogP contribution in [-0.2, 0) is 0 Å². The number of aliphatic imine (C=N–C) groups is 1. The van der Waals surface area contributed by atoms with Gasteiger partial charge in [0.1, 0.15) is 11.3 Å². The predicted molar refractivity (Wildman–Crippen MR) is 108 cm³/mol. The Kier molecular flexibility index (Phi) is 4.72. The van der Waals surface area contributed by atoms with Gasteiger partial charge in [-0.1, -0.05) is 0 Å². The molecule has 0 saturated carbocycles. The first-order chi connectivity index (χ1) is 10.9. The third kappa shape index (κ3) is 3.57. The lowest BCUT2D eigenvalue weighted by molar-refractivity contribution is 0.470. The van der Waals surface area contributed by atoms with Crippen LogP contribution in [0.2, 0.25) is 0 Å². The molecule has 0 radical (unpaired) electrons. The van der Waals surface area contributed by atoms with Crippen molar-refractivity contribution in [3.8, 4) is 5.75 Å². The number of phenols is 1. The van der Waals surface area contributed by atoms with Crippen LogP contribution in [-0.4, -0.2) is 11.3 Å². The third-order valence-electron chi connectivity index (χ3n) is 3.35. The van der Waals surface area contributed by atoms with Crippen molar-refractivity contribution in [2.75, 3.05) is 0 Å². The molecule has 0 saturated heterocycles. The van der Waals surface area contributed by atoms with Gasteiger partial charge in [-0.25, -0.2) is 4.79 Å². The molecule has 3 aromatic rings. The fraction of sp³-hybridized carbons (Fsp3) is 0.0588. The van der Waals surface area contributed by atoms with Crippen molar-refractivity contribution in [1.82, 2.24) is 0 Å². The fourth-order valence-corrected chi connectivity index (χ4v) is 4.11. The number of aryl methyl sites for hydroxylation is 1. The molecule has 0 aliphatic carbocycles. The Balaban J connectivity index is 2.03. The molecule has 23 heavy (non-hydrogen) atoms. The highest BCUT2D eigenvalue weighted by Crippen LogP contribution is 2.27. The van der Waals surface area contributed by atoms with Crippen LogP contribution < -0.4 is 5.63 Å². The SMILES string of the molecule is Cc1cc(=O)oc2cc(N=Cc3cc(I)cc(I)c3O)ccc12. The summed E-state index contributed by atoms with van der Waals surface area (Å²) in [6.45, 7) is 1.87. The Morgan fingerprint density at radius 2 is 1.96 bits per heavy atom. The number of nitrogens with zero attached hydrogens (tertiary/aromatic N) is 1. The zero-order valence-electron chi connectivity index (χ0n) is 12.0. The van der Waals surface area contributed by atoms with Gasteiger partial charge in [-0.05, 0) is 81.9 Å². The van der Waals surface area contributed by atoms with E-state index in [1.807, 2.05) is 31.2 Å². The van der Waals surface area contributed by atoms with Crippen molar-refractivity contribution >= 4 is 68.1 Å². The number of benzene rings is 2. The molecule has 0 unspecified atom stereocenters. The standard InChI is InChI=1S/C17H11I2NO3/c1-9-4-16(21)23-15-7-12(2-3-13(9)15)20-8-10-5-11(18)6-14(19)17(10)22/h2-8,22H,1H3. The topological polar surface area (TPSA) is 62.8 Å². The predicted octanol–water partition coefficient (Wildman–Crippen LogP) is 4.77. The molecule has 4 nitrogen and oxygen atoms in total. The number of fused-ring (bicyclic) bond motifs is 1. The fourth-order valence-electron chi connectivity index (χ4n) is 2.22. The van der Waals surface area contributed by atoms with Crippen LogP contribution in [0.5, 0.6) is 5.75 Å². The molecule has 0 spiro atoms. The largest absolute Gasteiger partial charge is 0.506 e. The number of phenolic OH excluding ortho intramolecular Hbond substituents is 1. The van der Waals surface area contributed by atoms with Crippen LogP contribution in [0.4, 0.5) is 5.69 Å². The van der Waals surface area contributed by atoms with E-state index in [2.05, 4.69) is 50.2 Å². The second-order valence-electron chi connectivity index (χ2n) is 5.01. The van der Waals surface area contributed by atoms with Crippen LogP contribution >= 0.6 is 45.2 Å². The summed E-state index contributed by atoms with van der Waals surface area (Å²) in [6.07, 6.45) is 1.61. The summed E-state index contributed by atoms with van der Waals surface area (Å²) >= 11 is 4.28. The Morgan fingerprint density at radius 1 is 1.17 bits per heavy atom. The first-order valence-corrected chi connectivity index (χ1v) is 8.86. The van der Waals surface area contributed by atoms with Crippen LogP contribution in [0.25, 0.3) is 11.0 Å². The van der Waals surface area contributed by atoms with Crippen molar-refractivity contribution in [3.05, 3.63) is 65.1 Å². The molecule has 0 aliphatic heterocycles. The van der Waals surface area contributed by atoms with E-state index >= 15 is 0 Å². The van der Waals surface area contributed by atoms with Gasteiger partial charge in [0.15, 0.2) is 0 Å².